The monoisotopic (exact) mass is 280 g/mol. The van der Waals surface area contributed by atoms with Crippen LogP contribution in [0.15, 0.2) is 0 Å². The van der Waals surface area contributed by atoms with Crippen LogP contribution >= 0.6 is 0 Å². The van der Waals surface area contributed by atoms with E-state index < -0.39 is 0 Å². The number of nitrogens with two attached hydrogens (primary N) is 1. The molecule has 2 aliphatic rings. The van der Waals surface area contributed by atoms with Crippen LogP contribution in [0.5, 0.6) is 0 Å². The van der Waals surface area contributed by atoms with Gasteiger partial charge in [-0.15, -0.1) is 0 Å². The average Bonchev–Trinajstić information content (AvgIpc) is 2.67. The maximum absolute atomic E-state index is 12.8. The fraction of sp³-hybridized carbons (Fsp3) is 0.941. The van der Waals surface area contributed by atoms with Gasteiger partial charge in [0.05, 0.1) is 0 Å². The Bertz CT molecular complexity index is 318. The van der Waals surface area contributed by atoms with Crippen molar-refractivity contribution in [2.45, 2.75) is 71.3 Å². The van der Waals surface area contributed by atoms with E-state index in [1.165, 1.54) is 32.1 Å². The number of hydrogen-bond donors (Lipinski definition) is 1. The summed E-state index contributed by atoms with van der Waals surface area (Å²) in [6.45, 7) is 6.38. The number of amides is 1. The zero-order chi connectivity index (χ0) is 14.5. The number of likely N-dealkylation sites (tertiary alicyclic amines) is 1. The SMILES string of the molecule is CCCC1CCCN(C(=O)C2CCCC(N)C2C)CC1. The summed E-state index contributed by atoms with van der Waals surface area (Å²) in [5, 5.41) is 0. The summed E-state index contributed by atoms with van der Waals surface area (Å²) < 4.78 is 0. The van der Waals surface area contributed by atoms with Crippen LogP contribution in [0.25, 0.3) is 0 Å². The fourth-order valence-electron chi connectivity index (χ4n) is 4.06. The van der Waals surface area contributed by atoms with E-state index in [1.54, 1.807) is 0 Å². The van der Waals surface area contributed by atoms with Crippen molar-refractivity contribution in [3.63, 3.8) is 0 Å². The Hall–Kier alpha value is -0.570. The lowest BCUT2D eigenvalue weighted by molar-refractivity contribution is -0.138. The van der Waals surface area contributed by atoms with Crippen molar-refractivity contribution < 1.29 is 4.79 Å². The Morgan fingerprint density at radius 1 is 1.15 bits per heavy atom. The molecule has 0 radical (unpaired) electrons. The van der Waals surface area contributed by atoms with Crippen LogP contribution in [0.2, 0.25) is 0 Å². The van der Waals surface area contributed by atoms with Gasteiger partial charge >= 0.3 is 0 Å². The fourth-order valence-corrected chi connectivity index (χ4v) is 4.06. The number of rotatable bonds is 3. The molecule has 2 rings (SSSR count). The molecule has 1 saturated carbocycles. The largest absolute Gasteiger partial charge is 0.342 e. The van der Waals surface area contributed by atoms with E-state index >= 15 is 0 Å². The molecule has 0 aromatic rings. The summed E-state index contributed by atoms with van der Waals surface area (Å²) in [7, 11) is 0. The van der Waals surface area contributed by atoms with Crippen molar-refractivity contribution in [1.82, 2.24) is 4.90 Å². The third-order valence-electron chi connectivity index (χ3n) is 5.54. The van der Waals surface area contributed by atoms with Gasteiger partial charge in [-0.1, -0.05) is 33.1 Å². The van der Waals surface area contributed by atoms with Gasteiger partial charge in [-0.2, -0.15) is 0 Å². The minimum absolute atomic E-state index is 0.182. The van der Waals surface area contributed by atoms with Gasteiger partial charge in [0, 0.05) is 25.0 Å². The average molecular weight is 280 g/mol. The molecule has 0 aromatic heterocycles. The van der Waals surface area contributed by atoms with Crippen LogP contribution in [0.3, 0.4) is 0 Å². The zero-order valence-corrected chi connectivity index (χ0v) is 13.3. The quantitative estimate of drug-likeness (QED) is 0.863. The van der Waals surface area contributed by atoms with E-state index in [-0.39, 0.29) is 12.0 Å². The standard InChI is InChI=1S/C17H32N2O/c1-3-6-14-7-5-11-19(12-10-14)17(20)15-8-4-9-16(18)13(15)2/h13-16H,3-12,18H2,1-2H3. The molecule has 1 aliphatic carbocycles. The van der Waals surface area contributed by atoms with Crippen molar-refractivity contribution in [1.29, 1.82) is 0 Å². The van der Waals surface area contributed by atoms with Gasteiger partial charge in [0.25, 0.3) is 0 Å². The number of carbonyl (C=O) groups is 1. The van der Waals surface area contributed by atoms with E-state index in [1.807, 2.05) is 0 Å². The highest BCUT2D eigenvalue weighted by Crippen LogP contribution is 2.31. The van der Waals surface area contributed by atoms with E-state index in [0.717, 1.165) is 38.3 Å². The van der Waals surface area contributed by atoms with Crippen LogP contribution in [-0.2, 0) is 4.79 Å². The van der Waals surface area contributed by atoms with Crippen LogP contribution in [0.1, 0.15) is 65.2 Å². The minimum atomic E-state index is 0.182. The Balaban J connectivity index is 1.91. The van der Waals surface area contributed by atoms with Crippen molar-refractivity contribution in [2.75, 3.05) is 13.1 Å². The Morgan fingerprint density at radius 2 is 1.95 bits per heavy atom. The molecule has 0 spiro atoms. The van der Waals surface area contributed by atoms with Crippen molar-refractivity contribution >= 4 is 5.91 Å². The maximum Gasteiger partial charge on any atom is 0.226 e. The van der Waals surface area contributed by atoms with Gasteiger partial charge in [0.2, 0.25) is 5.91 Å². The lowest BCUT2D eigenvalue weighted by Crippen LogP contribution is -2.46. The normalized spacial score (nSPS) is 35.6. The second kappa shape index (κ2) is 7.44. The Labute approximate surface area is 124 Å². The Morgan fingerprint density at radius 3 is 2.70 bits per heavy atom. The third kappa shape index (κ3) is 3.75. The molecule has 1 aliphatic heterocycles. The summed E-state index contributed by atoms with van der Waals surface area (Å²) in [5.74, 6) is 1.76. The molecule has 3 heteroatoms. The van der Waals surface area contributed by atoms with Crippen molar-refractivity contribution in [2.24, 2.45) is 23.5 Å². The molecule has 0 bridgehead atoms. The second-order valence-electron chi connectivity index (χ2n) is 6.97. The van der Waals surface area contributed by atoms with Gasteiger partial charge in [0.1, 0.15) is 0 Å². The lowest BCUT2D eigenvalue weighted by Gasteiger charge is -2.36. The molecule has 1 saturated heterocycles. The highest BCUT2D eigenvalue weighted by Gasteiger charge is 2.35. The van der Waals surface area contributed by atoms with Gasteiger partial charge in [0.15, 0.2) is 0 Å². The predicted molar refractivity (Wildman–Crippen MR) is 83.3 cm³/mol. The maximum atomic E-state index is 12.8. The summed E-state index contributed by atoms with van der Waals surface area (Å²) in [6, 6.07) is 0.220. The zero-order valence-electron chi connectivity index (χ0n) is 13.3. The van der Waals surface area contributed by atoms with E-state index in [0.29, 0.717) is 11.8 Å². The van der Waals surface area contributed by atoms with Crippen LogP contribution in [0.4, 0.5) is 0 Å². The van der Waals surface area contributed by atoms with Gasteiger partial charge in [-0.25, -0.2) is 0 Å². The third-order valence-corrected chi connectivity index (χ3v) is 5.54. The topological polar surface area (TPSA) is 46.3 Å². The smallest absolute Gasteiger partial charge is 0.226 e. The molecular formula is C17H32N2O. The summed E-state index contributed by atoms with van der Waals surface area (Å²) in [4.78, 5) is 14.9. The minimum Gasteiger partial charge on any atom is -0.342 e. The predicted octanol–water partition coefficient (Wildman–Crippen LogP) is 3.18. The molecule has 2 fully saturated rings. The van der Waals surface area contributed by atoms with Crippen LogP contribution < -0.4 is 5.73 Å². The first-order chi connectivity index (χ1) is 9.63. The Kier molecular flexibility index (Phi) is 5.88. The molecule has 0 aromatic carbocycles. The highest BCUT2D eigenvalue weighted by atomic mass is 16.2. The first kappa shape index (κ1) is 15.8. The lowest BCUT2D eigenvalue weighted by atomic mass is 9.76. The van der Waals surface area contributed by atoms with Crippen LogP contribution in [0, 0.1) is 17.8 Å². The molecular weight excluding hydrogens is 248 g/mol. The number of nitrogens with zero attached hydrogens (tertiary/aromatic N) is 1. The van der Waals surface area contributed by atoms with Gasteiger partial charge in [-0.3, -0.25) is 4.79 Å². The van der Waals surface area contributed by atoms with E-state index in [2.05, 4.69) is 18.7 Å². The molecule has 4 atom stereocenters. The highest BCUT2D eigenvalue weighted by molar-refractivity contribution is 5.79. The summed E-state index contributed by atoms with van der Waals surface area (Å²) in [5.41, 5.74) is 6.16. The van der Waals surface area contributed by atoms with Crippen molar-refractivity contribution in [3.05, 3.63) is 0 Å². The second-order valence-corrected chi connectivity index (χ2v) is 6.97. The van der Waals surface area contributed by atoms with E-state index in [9.17, 15) is 4.79 Å². The molecule has 4 unspecified atom stereocenters. The first-order valence-electron chi connectivity index (χ1n) is 8.67. The van der Waals surface area contributed by atoms with E-state index in [4.69, 9.17) is 5.73 Å². The number of hydrogen-bond acceptors (Lipinski definition) is 2. The van der Waals surface area contributed by atoms with Crippen LogP contribution in [-0.4, -0.2) is 29.9 Å². The molecule has 2 N–H and O–H groups in total. The molecule has 116 valence electrons. The first-order valence-corrected chi connectivity index (χ1v) is 8.67. The molecule has 1 heterocycles. The molecule has 20 heavy (non-hydrogen) atoms. The number of carbonyl (C=O) groups excluding carboxylic acids is 1. The van der Waals surface area contributed by atoms with Gasteiger partial charge in [-0.05, 0) is 43.9 Å². The van der Waals surface area contributed by atoms with Crippen molar-refractivity contribution in [3.8, 4) is 0 Å². The van der Waals surface area contributed by atoms with Gasteiger partial charge < -0.3 is 10.6 Å². The molecule has 3 nitrogen and oxygen atoms in total. The molecule has 1 amide bonds. The summed E-state index contributed by atoms with van der Waals surface area (Å²) >= 11 is 0. The summed E-state index contributed by atoms with van der Waals surface area (Å²) in [6.07, 6.45) is 9.54.